The molecule has 14 heavy (non-hydrogen) atoms. The Bertz CT molecular complexity index is 303. The van der Waals surface area contributed by atoms with E-state index in [0.29, 0.717) is 0 Å². The smallest absolute Gasteiger partial charge is 0.0793 e. The quantitative estimate of drug-likeness (QED) is 0.760. The van der Waals surface area contributed by atoms with E-state index in [-0.39, 0.29) is 12.8 Å². The minimum atomic E-state index is -1.13. The van der Waals surface area contributed by atoms with Gasteiger partial charge in [-0.3, -0.25) is 0 Å². The lowest BCUT2D eigenvalue weighted by molar-refractivity contribution is -0.306. The van der Waals surface area contributed by atoms with Crippen LogP contribution in [-0.4, -0.2) is 11.1 Å². The van der Waals surface area contributed by atoms with E-state index in [9.17, 15) is 15.0 Å². The number of aliphatic carboxylic acids is 1. The van der Waals surface area contributed by atoms with E-state index < -0.39 is 12.1 Å². The second kappa shape index (κ2) is 4.77. The monoisotopic (exact) mass is 193 g/mol. The molecule has 1 rings (SSSR count). The highest BCUT2D eigenvalue weighted by atomic mass is 16.4. The summed E-state index contributed by atoms with van der Waals surface area (Å²) in [5, 5.41) is 19.7. The zero-order chi connectivity index (χ0) is 10.6. The number of hydrogen-bond acceptors (Lipinski definition) is 3. The molecule has 0 saturated carbocycles. The van der Waals surface area contributed by atoms with Crippen LogP contribution in [0.25, 0.3) is 0 Å². The maximum absolute atomic E-state index is 10.2. The second-order valence-electron chi connectivity index (χ2n) is 3.34. The molecule has 3 heteroatoms. The van der Waals surface area contributed by atoms with Crippen LogP contribution >= 0.6 is 0 Å². The van der Waals surface area contributed by atoms with E-state index in [2.05, 4.69) is 0 Å². The average molecular weight is 193 g/mol. The molecule has 0 spiro atoms. The predicted molar refractivity (Wildman–Crippen MR) is 50.4 cm³/mol. The van der Waals surface area contributed by atoms with Crippen molar-refractivity contribution in [3.8, 4) is 0 Å². The standard InChI is InChI=1S/C11H14O3/c1-8-2-4-9(5-3-8)10(12)6-7-11(13)14/h2-5,10,12H,6-7H2,1H3,(H,13,14)/p-1/t10-/m0/s1. The molecule has 0 bridgehead atoms. The maximum atomic E-state index is 10.2. The normalized spacial score (nSPS) is 12.4. The van der Waals surface area contributed by atoms with Gasteiger partial charge in [0.1, 0.15) is 0 Å². The summed E-state index contributed by atoms with van der Waals surface area (Å²) in [6, 6.07) is 7.37. The molecule has 0 aliphatic heterocycles. The highest BCUT2D eigenvalue weighted by Crippen LogP contribution is 2.18. The highest BCUT2D eigenvalue weighted by Gasteiger charge is 2.06. The number of carboxylic acids is 1. The molecule has 1 aromatic rings. The first kappa shape index (κ1) is 10.7. The topological polar surface area (TPSA) is 60.4 Å². The summed E-state index contributed by atoms with van der Waals surface area (Å²) in [5.41, 5.74) is 1.86. The molecule has 0 aliphatic carbocycles. The molecular formula is C11H13O3-. The van der Waals surface area contributed by atoms with Gasteiger partial charge in [-0.1, -0.05) is 29.8 Å². The highest BCUT2D eigenvalue weighted by molar-refractivity contribution is 5.64. The molecule has 0 unspecified atom stereocenters. The Balaban J connectivity index is 2.56. The van der Waals surface area contributed by atoms with Crippen molar-refractivity contribution >= 4 is 5.97 Å². The van der Waals surface area contributed by atoms with Gasteiger partial charge in [0, 0.05) is 5.97 Å². The zero-order valence-electron chi connectivity index (χ0n) is 8.06. The van der Waals surface area contributed by atoms with Gasteiger partial charge in [-0.15, -0.1) is 0 Å². The van der Waals surface area contributed by atoms with Gasteiger partial charge in [-0.25, -0.2) is 0 Å². The number of aliphatic hydroxyl groups excluding tert-OH is 1. The molecule has 1 atom stereocenters. The van der Waals surface area contributed by atoms with Crippen LogP contribution in [0.4, 0.5) is 0 Å². The fraction of sp³-hybridized carbons (Fsp3) is 0.364. The molecule has 76 valence electrons. The molecule has 1 aromatic carbocycles. The van der Waals surface area contributed by atoms with Crippen LogP contribution in [-0.2, 0) is 4.79 Å². The fourth-order valence-corrected chi connectivity index (χ4v) is 1.21. The van der Waals surface area contributed by atoms with Crippen molar-refractivity contribution in [1.29, 1.82) is 0 Å². The van der Waals surface area contributed by atoms with Crippen LogP contribution in [0.1, 0.15) is 30.1 Å². The molecule has 0 amide bonds. The molecule has 0 aliphatic rings. The van der Waals surface area contributed by atoms with E-state index in [1.165, 1.54) is 0 Å². The van der Waals surface area contributed by atoms with Gasteiger partial charge in [0.2, 0.25) is 0 Å². The predicted octanol–water partition coefficient (Wildman–Crippen LogP) is 0.559. The summed E-state index contributed by atoms with van der Waals surface area (Å²) in [4.78, 5) is 10.2. The van der Waals surface area contributed by atoms with Gasteiger partial charge in [-0.05, 0) is 25.3 Å². The zero-order valence-corrected chi connectivity index (χ0v) is 8.06. The largest absolute Gasteiger partial charge is 0.550 e. The average Bonchev–Trinajstić information content (AvgIpc) is 2.15. The fourth-order valence-electron chi connectivity index (χ4n) is 1.21. The number of carboxylic acid groups (broad SMARTS) is 1. The van der Waals surface area contributed by atoms with Crippen LogP contribution in [0.2, 0.25) is 0 Å². The van der Waals surface area contributed by atoms with Crippen LogP contribution in [0.15, 0.2) is 24.3 Å². The Labute approximate surface area is 83.0 Å². The first-order valence-corrected chi connectivity index (χ1v) is 4.54. The number of benzene rings is 1. The lowest BCUT2D eigenvalue weighted by Gasteiger charge is -2.11. The first-order valence-electron chi connectivity index (χ1n) is 4.54. The van der Waals surface area contributed by atoms with Gasteiger partial charge >= 0.3 is 0 Å². The molecule has 0 aromatic heterocycles. The second-order valence-corrected chi connectivity index (χ2v) is 3.34. The van der Waals surface area contributed by atoms with Crippen molar-refractivity contribution in [3.63, 3.8) is 0 Å². The summed E-state index contributed by atoms with van der Waals surface area (Å²) < 4.78 is 0. The maximum Gasteiger partial charge on any atom is 0.0793 e. The minimum Gasteiger partial charge on any atom is -0.550 e. The van der Waals surface area contributed by atoms with Crippen molar-refractivity contribution in [2.24, 2.45) is 0 Å². The van der Waals surface area contributed by atoms with Gasteiger partial charge < -0.3 is 15.0 Å². The van der Waals surface area contributed by atoms with Crippen molar-refractivity contribution in [2.45, 2.75) is 25.9 Å². The van der Waals surface area contributed by atoms with Gasteiger partial charge in [0.25, 0.3) is 0 Å². The molecular weight excluding hydrogens is 180 g/mol. The third-order valence-corrected chi connectivity index (χ3v) is 2.08. The summed E-state index contributed by atoms with van der Waals surface area (Å²) >= 11 is 0. The number of aliphatic hydroxyl groups is 1. The summed E-state index contributed by atoms with van der Waals surface area (Å²) in [5.74, 6) is -1.13. The summed E-state index contributed by atoms with van der Waals surface area (Å²) in [7, 11) is 0. The van der Waals surface area contributed by atoms with Crippen LogP contribution in [0.5, 0.6) is 0 Å². The number of hydrogen-bond donors (Lipinski definition) is 1. The summed E-state index contributed by atoms with van der Waals surface area (Å²) in [6.45, 7) is 1.96. The SMILES string of the molecule is Cc1ccc([C@@H](O)CCC(=O)[O-])cc1. The van der Waals surface area contributed by atoms with Crippen LogP contribution in [0, 0.1) is 6.92 Å². The Morgan fingerprint density at radius 2 is 2.00 bits per heavy atom. The van der Waals surface area contributed by atoms with Crippen molar-refractivity contribution in [2.75, 3.05) is 0 Å². The van der Waals surface area contributed by atoms with Crippen molar-refractivity contribution < 1.29 is 15.0 Å². The molecule has 0 saturated heterocycles. The number of aryl methyl sites for hydroxylation is 1. The number of rotatable bonds is 4. The number of carbonyl (C=O) groups excluding carboxylic acids is 1. The van der Waals surface area contributed by atoms with E-state index in [4.69, 9.17) is 0 Å². The lowest BCUT2D eigenvalue weighted by Crippen LogP contribution is -2.22. The Hall–Kier alpha value is -1.35. The Morgan fingerprint density at radius 3 is 2.50 bits per heavy atom. The van der Waals surface area contributed by atoms with Gasteiger partial charge in [0.15, 0.2) is 0 Å². The van der Waals surface area contributed by atoms with E-state index in [0.717, 1.165) is 11.1 Å². The molecule has 0 heterocycles. The Morgan fingerprint density at radius 1 is 1.43 bits per heavy atom. The van der Waals surface area contributed by atoms with E-state index in [1.54, 1.807) is 12.1 Å². The van der Waals surface area contributed by atoms with Crippen molar-refractivity contribution in [1.82, 2.24) is 0 Å². The molecule has 1 N–H and O–H groups in total. The molecule has 0 fully saturated rings. The van der Waals surface area contributed by atoms with Crippen LogP contribution < -0.4 is 5.11 Å². The third-order valence-electron chi connectivity index (χ3n) is 2.08. The Kier molecular flexibility index (Phi) is 3.65. The lowest BCUT2D eigenvalue weighted by atomic mass is 10.0. The third kappa shape index (κ3) is 3.18. The first-order chi connectivity index (χ1) is 6.59. The molecule has 3 nitrogen and oxygen atoms in total. The summed E-state index contributed by atoms with van der Waals surface area (Å²) in [6.07, 6.45) is -0.631. The van der Waals surface area contributed by atoms with E-state index in [1.807, 2.05) is 19.1 Å². The van der Waals surface area contributed by atoms with Gasteiger partial charge in [-0.2, -0.15) is 0 Å². The van der Waals surface area contributed by atoms with Crippen molar-refractivity contribution in [3.05, 3.63) is 35.4 Å². The van der Waals surface area contributed by atoms with Crippen LogP contribution in [0.3, 0.4) is 0 Å². The minimum absolute atomic E-state index is 0.116. The van der Waals surface area contributed by atoms with Gasteiger partial charge in [0.05, 0.1) is 6.10 Å². The molecule has 0 radical (unpaired) electrons. The number of carbonyl (C=O) groups is 1. The van der Waals surface area contributed by atoms with E-state index >= 15 is 0 Å².